The highest BCUT2D eigenvalue weighted by molar-refractivity contribution is 5.94. The van der Waals surface area contributed by atoms with Gasteiger partial charge in [0.1, 0.15) is 5.75 Å². The van der Waals surface area contributed by atoms with Crippen molar-refractivity contribution in [2.45, 2.75) is 13.0 Å². The summed E-state index contributed by atoms with van der Waals surface area (Å²) in [4.78, 5) is 30.4. The number of amides is 2. The zero-order chi connectivity index (χ0) is 17.0. The molecule has 2 amide bonds. The zero-order valence-corrected chi connectivity index (χ0v) is 14.3. The van der Waals surface area contributed by atoms with Gasteiger partial charge in [-0.05, 0) is 39.2 Å². The molecule has 126 valence electrons. The first-order chi connectivity index (χ1) is 10.9. The SMILES string of the molecule is COc1cccc(C(=O)N2CCN(C(=O)[C@H](C)N(C)C)CC2)c1. The lowest BCUT2D eigenvalue weighted by Crippen LogP contribution is -2.54. The molecule has 0 radical (unpaired) electrons. The number of carbonyl (C=O) groups excluding carboxylic acids is 2. The summed E-state index contributed by atoms with van der Waals surface area (Å²) in [5, 5.41) is 0. The molecule has 1 heterocycles. The van der Waals surface area contributed by atoms with Crippen LogP contribution in [0.3, 0.4) is 0 Å². The lowest BCUT2D eigenvalue weighted by atomic mass is 10.1. The van der Waals surface area contributed by atoms with E-state index in [2.05, 4.69) is 0 Å². The number of benzene rings is 1. The molecule has 1 saturated heterocycles. The van der Waals surface area contributed by atoms with Gasteiger partial charge < -0.3 is 14.5 Å². The number of hydrogen-bond donors (Lipinski definition) is 0. The second kappa shape index (κ2) is 7.46. The molecule has 23 heavy (non-hydrogen) atoms. The third-order valence-corrected chi connectivity index (χ3v) is 4.33. The van der Waals surface area contributed by atoms with Gasteiger partial charge in [0.05, 0.1) is 13.2 Å². The third kappa shape index (κ3) is 4.01. The highest BCUT2D eigenvalue weighted by Gasteiger charge is 2.28. The highest BCUT2D eigenvalue weighted by atomic mass is 16.5. The first kappa shape index (κ1) is 17.3. The van der Waals surface area contributed by atoms with Gasteiger partial charge in [-0.3, -0.25) is 14.5 Å². The first-order valence-electron chi connectivity index (χ1n) is 7.82. The number of carbonyl (C=O) groups is 2. The largest absolute Gasteiger partial charge is 0.497 e. The number of ether oxygens (including phenoxy) is 1. The minimum absolute atomic E-state index is 0.0170. The standard InChI is InChI=1S/C17H25N3O3/c1-13(18(2)3)16(21)19-8-10-20(11-9-19)17(22)14-6-5-7-15(12-14)23-4/h5-7,12-13H,8-11H2,1-4H3/t13-/m0/s1. The first-order valence-corrected chi connectivity index (χ1v) is 7.82. The number of methoxy groups -OCH3 is 1. The maximum Gasteiger partial charge on any atom is 0.254 e. The Morgan fingerprint density at radius 2 is 1.74 bits per heavy atom. The summed E-state index contributed by atoms with van der Waals surface area (Å²) in [6.45, 7) is 4.17. The molecule has 6 heteroatoms. The van der Waals surface area contributed by atoms with E-state index in [1.54, 1.807) is 24.1 Å². The Kier molecular flexibility index (Phi) is 5.60. The van der Waals surface area contributed by atoms with Gasteiger partial charge in [-0.1, -0.05) is 6.07 Å². The summed E-state index contributed by atoms with van der Waals surface area (Å²) >= 11 is 0. The molecule has 1 aliphatic rings. The molecule has 2 rings (SSSR count). The predicted octanol–water partition coefficient (Wildman–Crippen LogP) is 0.930. The number of likely N-dealkylation sites (N-methyl/N-ethyl adjacent to an activating group) is 1. The Balaban J connectivity index is 1.96. The second-order valence-corrected chi connectivity index (χ2v) is 5.99. The molecule has 1 aliphatic heterocycles. The summed E-state index contributed by atoms with van der Waals surface area (Å²) < 4.78 is 5.16. The van der Waals surface area contributed by atoms with Gasteiger partial charge >= 0.3 is 0 Å². The van der Waals surface area contributed by atoms with E-state index in [9.17, 15) is 9.59 Å². The average Bonchev–Trinajstić information content (AvgIpc) is 2.59. The van der Waals surface area contributed by atoms with Crippen LogP contribution >= 0.6 is 0 Å². The number of nitrogens with zero attached hydrogens (tertiary/aromatic N) is 3. The van der Waals surface area contributed by atoms with E-state index in [1.807, 2.05) is 43.0 Å². The Morgan fingerprint density at radius 1 is 1.13 bits per heavy atom. The van der Waals surface area contributed by atoms with Gasteiger partial charge in [-0.15, -0.1) is 0 Å². The molecule has 0 saturated carbocycles. The molecule has 0 bridgehead atoms. The molecular formula is C17H25N3O3. The highest BCUT2D eigenvalue weighted by Crippen LogP contribution is 2.16. The van der Waals surface area contributed by atoms with Crippen LogP contribution in [-0.2, 0) is 4.79 Å². The van der Waals surface area contributed by atoms with Crippen LogP contribution in [-0.4, -0.2) is 79.9 Å². The summed E-state index contributed by atoms with van der Waals surface area (Å²) in [5.74, 6) is 0.768. The van der Waals surface area contributed by atoms with E-state index in [-0.39, 0.29) is 17.9 Å². The van der Waals surface area contributed by atoms with E-state index < -0.39 is 0 Å². The predicted molar refractivity (Wildman–Crippen MR) is 88.6 cm³/mol. The maximum absolute atomic E-state index is 12.5. The number of rotatable bonds is 4. The van der Waals surface area contributed by atoms with Gasteiger partial charge in [0.15, 0.2) is 0 Å². The topological polar surface area (TPSA) is 53.1 Å². The lowest BCUT2D eigenvalue weighted by molar-refractivity contribution is -0.137. The van der Waals surface area contributed by atoms with Gasteiger partial charge in [0.25, 0.3) is 5.91 Å². The Morgan fingerprint density at radius 3 is 2.30 bits per heavy atom. The maximum atomic E-state index is 12.5. The molecule has 0 spiro atoms. The summed E-state index contributed by atoms with van der Waals surface area (Å²) in [6.07, 6.45) is 0. The van der Waals surface area contributed by atoms with Gasteiger partial charge in [-0.2, -0.15) is 0 Å². The Bertz CT molecular complexity index is 566. The van der Waals surface area contributed by atoms with Crippen LogP contribution in [0.25, 0.3) is 0 Å². The van der Waals surface area contributed by atoms with Crippen LogP contribution in [0.2, 0.25) is 0 Å². The quantitative estimate of drug-likeness (QED) is 0.828. The molecule has 1 fully saturated rings. The van der Waals surface area contributed by atoms with Crippen LogP contribution in [0.15, 0.2) is 24.3 Å². The van der Waals surface area contributed by atoms with Crippen molar-refractivity contribution in [1.29, 1.82) is 0 Å². The smallest absolute Gasteiger partial charge is 0.254 e. The van der Waals surface area contributed by atoms with E-state index in [1.165, 1.54) is 0 Å². The summed E-state index contributed by atoms with van der Waals surface area (Å²) in [6, 6.07) is 7.01. The minimum Gasteiger partial charge on any atom is -0.497 e. The fraction of sp³-hybridized carbons (Fsp3) is 0.529. The van der Waals surface area contributed by atoms with Crippen molar-refractivity contribution in [3.05, 3.63) is 29.8 Å². The summed E-state index contributed by atoms with van der Waals surface area (Å²) in [5.41, 5.74) is 0.616. The summed E-state index contributed by atoms with van der Waals surface area (Å²) in [7, 11) is 5.37. The van der Waals surface area contributed by atoms with Crippen LogP contribution < -0.4 is 4.74 Å². The molecule has 6 nitrogen and oxygen atoms in total. The van der Waals surface area contributed by atoms with Gasteiger partial charge in [0, 0.05) is 31.7 Å². The third-order valence-electron chi connectivity index (χ3n) is 4.33. The average molecular weight is 319 g/mol. The van der Waals surface area contributed by atoms with Crippen molar-refractivity contribution in [1.82, 2.24) is 14.7 Å². The molecule has 1 aromatic rings. The fourth-order valence-corrected chi connectivity index (χ4v) is 2.55. The van der Waals surface area contributed by atoms with Crippen molar-refractivity contribution >= 4 is 11.8 Å². The van der Waals surface area contributed by atoms with Crippen LogP contribution in [0.1, 0.15) is 17.3 Å². The van der Waals surface area contributed by atoms with E-state index in [4.69, 9.17) is 4.74 Å². The van der Waals surface area contributed by atoms with Crippen LogP contribution in [0, 0.1) is 0 Å². The lowest BCUT2D eigenvalue weighted by Gasteiger charge is -2.37. The fourth-order valence-electron chi connectivity index (χ4n) is 2.55. The monoisotopic (exact) mass is 319 g/mol. The second-order valence-electron chi connectivity index (χ2n) is 5.99. The molecule has 1 atom stereocenters. The van der Waals surface area contributed by atoms with Crippen molar-refractivity contribution in [3.8, 4) is 5.75 Å². The molecule has 0 aliphatic carbocycles. The molecule has 0 N–H and O–H groups in total. The van der Waals surface area contributed by atoms with Crippen molar-refractivity contribution < 1.29 is 14.3 Å². The van der Waals surface area contributed by atoms with Gasteiger partial charge in [-0.25, -0.2) is 0 Å². The molecular weight excluding hydrogens is 294 g/mol. The zero-order valence-electron chi connectivity index (χ0n) is 14.3. The van der Waals surface area contributed by atoms with E-state index in [0.717, 1.165) is 0 Å². The molecule has 0 unspecified atom stereocenters. The minimum atomic E-state index is -0.143. The van der Waals surface area contributed by atoms with E-state index in [0.29, 0.717) is 37.5 Å². The van der Waals surface area contributed by atoms with Crippen molar-refractivity contribution in [2.75, 3.05) is 47.4 Å². The Labute approximate surface area is 137 Å². The normalized spacial score (nSPS) is 16.4. The number of piperazine rings is 1. The van der Waals surface area contributed by atoms with Crippen molar-refractivity contribution in [3.63, 3.8) is 0 Å². The molecule has 0 aromatic heterocycles. The van der Waals surface area contributed by atoms with Crippen molar-refractivity contribution in [2.24, 2.45) is 0 Å². The molecule has 1 aromatic carbocycles. The van der Waals surface area contributed by atoms with E-state index >= 15 is 0 Å². The number of hydrogen-bond acceptors (Lipinski definition) is 4. The van der Waals surface area contributed by atoms with Crippen LogP contribution in [0.5, 0.6) is 5.75 Å². The van der Waals surface area contributed by atoms with Gasteiger partial charge in [0.2, 0.25) is 5.91 Å². The van der Waals surface area contributed by atoms with Crippen LogP contribution in [0.4, 0.5) is 0 Å². The Hall–Kier alpha value is -2.08.